The van der Waals surface area contributed by atoms with Crippen LogP contribution in [-0.2, 0) is 16.2 Å². The van der Waals surface area contributed by atoms with E-state index >= 15 is 0 Å². The van der Waals surface area contributed by atoms with Crippen molar-refractivity contribution in [3.05, 3.63) is 57.3 Å². The molecule has 0 amide bonds. The van der Waals surface area contributed by atoms with Gasteiger partial charge in [0.2, 0.25) is 0 Å². The highest BCUT2D eigenvalue weighted by molar-refractivity contribution is 9.10. The van der Waals surface area contributed by atoms with Gasteiger partial charge in [0.15, 0.2) is 0 Å². The summed E-state index contributed by atoms with van der Waals surface area (Å²) in [5, 5.41) is -0.430. The van der Waals surface area contributed by atoms with E-state index in [1.54, 1.807) is 0 Å². The molecule has 0 heterocycles. The molecule has 10 heteroatoms. The molecule has 0 spiro atoms. The molecule has 23 heavy (non-hydrogen) atoms. The van der Waals surface area contributed by atoms with Gasteiger partial charge in [-0.3, -0.25) is 4.72 Å². The van der Waals surface area contributed by atoms with Gasteiger partial charge in [-0.15, -0.1) is 0 Å². The number of rotatable bonds is 3. The van der Waals surface area contributed by atoms with E-state index in [2.05, 4.69) is 15.9 Å². The van der Waals surface area contributed by atoms with Crippen LogP contribution in [0, 0.1) is 5.82 Å². The number of benzene rings is 2. The second-order valence-corrected chi connectivity index (χ2v) is 7.32. The molecule has 2 rings (SSSR count). The van der Waals surface area contributed by atoms with E-state index in [9.17, 15) is 26.0 Å². The van der Waals surface area contributed by atoms with Crippen molar-refractivity contribution >= 4 is 43.2 Å². The molecule has 0 fully saturated rings. The Morgan fingerprint density at radius 3 is 2.26 bits per heavy atom. The Hall–Kier alpha value is -1.32. The van der Waals surface area contributed by atoms with Crippen LogP contribution in [0.4, 0.5) is 23.2 Å². The number of halogens is 6. The molecule has 0 aliphatic rings. The molecule has 0 bridgehead atoms. The minimum atomic E-state index is -4.60. The quantitative estimate of drug-likeness (QED) is 0.689. The predicted molar refractivity (Wildman–Crippen MR) is 81.4 cm³/mol. The number of nitrogens with one attached hydrogen (secondary N) is 1. The largest absolute Gasteiger partial charge is 0.416 e. The first-order valence-electron chi connectivity index (χ1n) is 5.85. The average molecular weight is 433 g/mol. The average Bonchev–Trinajstić information content (AvgIpc) is 2.42. The molecular formula is C13H7BrClF4NO2S. The van der Waals surface area contributed by atoms with Gasteiger partial charge in [0, 0.05) is 0 Å². The van der Waals surface area contributed by atoms with Gasteiger partial charge in [0.05, 0.1) is 25.6 Å². The number of sulfonamides is 1. The zero-order valence-corrected chi connectivity index (χ0v) is 14.1. The second kappa shape index (κ2) is 6.29. The topological polar surface area (TPSA) is 46.2 Å². The summed E-state index contributed by atoms with van der Waals surface area (Å²) in [6.45, 7) is 0. The number of alkyl halides is 3. The molecule has 124 valence electrons. The first-order chi connectivity index (χ1) is 10.5. The molecule has 0 saturated carbocycles. The number of hydrogen-bond donors (Lipinski definition) is 1. The third-order valence-corrected chi connectivity index (χ3v) is 5.06. The van der Waals surface area contributed by atoms with Gasteiger partial charge in [-0.1, -0.05) is 11.6 Å². The van der Waals surface area contributed by atoms with Gasteiger partial charge in [0.1, 0.15) is 5.82 Å². The lowest BCUT2D eigenvalue weighted by Gasteiger charge is -2.12. The monoisotopic (exact) mass is 431 g/mol. The fourth-order valence-corrected chi connectivity index (χ4v) is 3.24. The minimum Gasteiger partial charge on any atom is -0.278 e. The Morgan fingerprint density at radius 1 is 1.09 bits per heavy atom. The lowest BCUT2D eigenvalue weighted by molar-refractivity contribution is -0.137. The van der Waals surface area contributed by atoms with Gasteiger partial charge in [-0.25, -0.2) is 12.8 Å². The van der Waals surface area contributed by atoms with Crippen LogP contribution in [0.25, 0.3) is 0 Å². The molecule has 0 radical (unpaired) electrons. The standard InChI is InChI=1S/C13H7BrClF4NO2S/c14-9-3-2-8(6-11(9)16)23(21,22)20-12-4-1-7(5-10(12)15)13(17,18)19/h1-6,20H. The minimum absolute atomic E-state index is 0.0732. The maximum Gasteiger partial charge on any atom is 0.416 e. The summed E-state index contributed by atoms with van der Waals surface area (Å²) in [5.41, 5.74) is -1.26. The highest BCUT2D eigenvalue weighted by Gasteiger charge is 2.31. The zero-order chi connectivity index (χ0) is 17.4. The van der Waals surface area contributed by atoms with Crippen molar-refractivity contribution in [3.8, 4) is 0 Å². The molecule has 2 aromatic carbocycles. The Balaban J connectivity index is 2.36. The van der Waals surface area contributed by atoms with E-state index in [0.717, 1.165) is 18.2 Å². The smallest absolute Gasteiger partial charge is 0.278 e. The summed E-state index contributed by atoms with van der Waals surface area (Å²) in [7, 11) is -4.20. The third kappa shape index (κ3) is 4.15. The first kappa shape index (κ1) is 18.0. The molecule has 2 aromatic rings. The van der Waals surface area contributed by atoms with Crippen molar-refractivity contribution in [1.82, 2.24) is 0 Å². The highest BCUT2D eigenvalue weighted by Crippen LogP contribution is 2.34. The summed E-state index contributed by atoms with van der Waals surface area (Å²) < 4.78 is 77.4. The van der Waals surface area contributed by atoms with Crippen LogP contribution in [-0.4, -0.2) is 8.42 Å². The van der Waals surface area contributed by atoms with Crippen LogP contribution in [0.3, 0.4) is 0 Å². The van der Waals surface area contributed by atoms with E-state index in [0.29, 0.717) is 12.1 Å². The lowest BCUT2D eigenvalue weighted by Crippen LogP contribution is -2.14. The van der Waals surface area contributed by atoms with Crippen LogP contribution >= 0.6 is 27.5 Å². The van der Waals surface area contributed by atoms with Gasteiger partial charge >= 0.3 is 6.18 Å². The van der Waals surface area contributed by atoms with Crippen LogP contribution in [0.15, 0.2) is 45.8 Å². The second-order valence-electron chi connectivity index (χ2n) is 4.37. The Bertz CT molecular complexity index is 856. The molecule has 3 nitrogen and oxygen atoms in total. The Morgan fingerprint density at radius 2 is 1.74 bits per heavy atom. The summed E-state index contributed by atoms with van der Waals surface area (Å²) in [4.78, 5) is -0.394. The normalized spacial score (nSPS) is 12.3. The maximum absolute atomic E-state index is 13.4. The first-order valence-corrected chi connectivity index (χ1v) is 8.51. The van der Waals surface area contributed by atoms with Gasteiger partial charge in [-0.05, 0) is 52.3 Å². The van der Waals surface area contributed by atoms with Crippen molar-refractivity contribution in [2.45, 2.75) is 11.1 Å². The summed E-state index contributed by atoms with van der Waals surface area (Å²) in [5.74, 6) is -0.800. The SMILES string of the molecule is O=S(=O)(Nc1ccc(C(F)(F)F)cc1Cl)c1ccc(Br)c(F)c1. The van der Waals surface area contributed by atoms with Crippen LogP contribution in [0.5, 0.6) is 0 Å². The van der Waals surface area contributed by atoms with Gasteiger partial charge in [0.25, 0.3) is 10.0 Å². The predicted octanol–water partition coefficient (Wildman–Crippen LogP) is 5.06. The lowest BCUT2D eigenvalue weighted by atomic mass is 10.2. The molecule has 0 aliphatic carbocycles. The van der Waals surface area contributed by atoms with Crippen LogP contribution in [0.2, 0.25) is 5.02 Å². The van der Waals surface area contributed by atoms with Crippen LogP contribution in [0.1, 0.15) is 5.56 Å². The van der Waals surface area contributed by atoms with Gasteiger partial charge < -0.3 is 0 Å². The van der Waals surface area contributed by atoms with Crippen molar-refractivity contribution in [2.24, 2.45) is 0 Å². The Labute approximate surface area is 142 Å². The summed E-state index contributed by atoms with van der Waals surface area (Å²) in [6.07, 6.45) is -4.60. The molecule has 0 atom stereocenters. The van der Waals surface area contributed by atoms with E-state index in [1.165, 1.54) is 6.07 Å². The molecule has 0 unspecified atom stereocenters. The van der Waals surface area contributed by atoms with E-state index < -0.39 is 37.5 Å². The van der Waals surface area contributed by atoms with E-state index in [4.69, 9.17) is 11.6 Å². The van der Waals surface area contributed by atoms with E-state index in [1.807, 2.05) is 4.72 Å². The zero-order valence-electron chi connectivity index (χ0n) is 11.0. The highest BCUT2D eigenvalue weighted by atomic mass is 79.9. The molecule has 0 aliphatic heterocycles. The molecule has 1 N–H and O–H groups in total. The molecular weight excluding hydrogens is 426 g/mol. The summed E-state index contributed by atoms with van der Waals surface area (Å²) in [6, 6.07) is 5.27. The molecule has 0 aromatic heterocycles. The van der Waals surface area contributed by atoms with Crippen LogP contribution < -0.4 is 4.72 Å². The van der Waals surface area contributed by atoms with Gasteiger partial charge in [-0.2, -0.15) is 13.2 Å². The molecule has 0 saturated heterocycles. The maximum atomic E-state index is 13.4. The third-order valence-electron chi connectivity index (χ3n) is 2.74. The van der Waals surface area contributed by atoms with E-state index in [-0.39, 0.29) is 10.2 Å². The Kier molecular flexibility index (Phi) is 4.93. The fraction of sp³-hybridized carbons (Fsp3) is 0.0769. The van der Waals surface area contributed by atoms with Crippen molar-refractivity contribution in [3.63, 3.8) is 0 Å². The number of anilines is 1. The van der Waals surface area contributed by atoms with Crippen molar-refractivity contribution in [2.75, 3.05) is 4.72 Å². The fourth-order valence-electron chi connectivity index (χ4n) is 1.62. The van der Waals surface area contributed by atoms with Crippen molar-refractivity contribution in [1.29, 1.82) is 0 Å². The van der Waals surface area contributed by atoms with Crippen molar-refractivity contribution < 1.29 is 26.0 Å². The summed E-state index contributed by atoms with van der Waals surface area (Å²) >= 11 is 8.56. The number of hydrogen-bond acceptors (Lipinski definition) is 2.